The maximum Gasteiger partial charge on any atom is 0.353 e. The third-order valence-electron chi connectivity index (χ3n) is 8.74. The van der Waals surface area contributed by atoms with Crippen molar-refractivity contribution in [2.45, 2.75) is 29.3 Å². The summed E-state index contributed by atoms with van der Waals surface area (Å²) < 4.78 is 5.98. The SMILES string of the molecule is CCN1CCN(C(=O)NC(C(=O)N[C@@H]2C(=O)N3C(C(=O)O)=C(Sc4cccc5oc6ccccc6c45)CS[C@@H]23)c2ccccc2O)C(=O)C1=O. The molecule has 2 fully saturated rings. The number of likely N-dealkylation sites (N-methyl/N-ethyl adjacent to an activating group) is 1. The summed E-state index contributed by atoms with van der Waals surface area (Å²) >= 11 is 2.50. The number of hydrogen-bond donors (Lipinski definition) is 4. The van der Waals surface area contributed by atoms with Crippen LogP contribution in [0, 0.1) is 0 Å². The molecule has 4 heterocycles. The van der Waals surface area contributed by atoms with Crippen molar-refractivity contribution in [3.63, 3.8) is 0 Å². The maximum absolute atomic E-state index is 13.8. The van der Waals surface area contributed by atoms with Crippen LogP contribution in [0.15, 0.2) is 86.6 Å². The highest BCUT2D eigenvalue weighted by molar-refractivity contribution is 8.06. The Balaban J connectivity index is 1.12. The first-order valence-electron chi connectivity index (χ1n) is 15.6. The van der Waals surface area contributed by atoms with Crippen LogP contribution in [-0.4, -0.2) is 97.3 Å². The summed E-state index contributed by atoms with van der Waals surface area (Å²) in [5.74, 6) is -4.89. The predicted octanol–water partition coefficient (Wildman–Crippen LogP) is 3.22. The van der Waals surface area contributed by atoms with Gasteiger partial charge in [0.2, 0.25) is 5.91 Å². The first kappa shape index (κ1) is 33.0. The number of amides is 6. The van der Waals surface area contributed by atoms with Gasteiger partial charge in [0.1, 0.15) is 40.1 Å². The highest BCUT2D eigenvalue weighted by atomic mass is 32.2. The molecule has 0 aliphatic carbocycles. The third kappa shape index (κ3) is 5.59. The number of rotatable bonds is 8. The Hall–Kier alpha value is -5.48. The smallest absolute Gasteiger partial charge is 0.353 e. The number of phenols is 1. The molecule has 0 bridgehead atoms. The molecule has 50 heavy (non-hydrogen) atoms. The number of para-hydroxylation sites is 2. The molecule has 2 saturated heterocycles. The number of aliphatic carboxylic acids is 1. The zero-order chi connectivity index (χ0) is 35.3. The van der Waals surface area contributed by atoms with Crippen molar-refractivity contribution in [1.29, 1.82) is 0 Å². The number of β-lactam (4-membered cyclic amide) rings is 1. The maximum atomic E-state index is 13.8. The largest absolute Gasteiger partial charge is 0.508 e. The minimum Gasteiger partial charge on any atom is -0.508 e. The molecule has 16 heteroatoms. The number of hydrogen-bond acceptors (Lipinski definition) is 10. The quantitative estimate of drug-likeness (QED) is 0.155. The highest BCUT2D eigenvalue weighted by Crippen LogP contribution is 2.47. The van der Waals surface area contributed by atoms with E-state index in [9.17, 15) is 39.0 Å². The highest BCUT2D eigenvalue weighted by Gasteiger charge is 2.55. The number of imide groups is 1. The van der Waals surface area contributed by atoms with Crippen LogP contribution in [0.3, 0.4) is 0 Å². The minimum absolute atomic E-state index is 0.0185. The number of aromatic hydroxyl groups is 1. The topological polar surface area (TPSA) is 190 Å². The number of piperazine rings is 1. The lowest BCUT2D eigenvalue weighted by atomic mass is 10.0. The van der Waals surface area contributed by atoms with E-state index in [0.29, 0.717) is 21.0 Å². The molecule has 1 aromatic heterocycles. The van der Waals surface area contributed by atoms with Gasteiger partial charge in [0, 0.05) is 51.5 Å². The molecule has 7 rings (SSSR count). The van der Waals surface area contributed by atoms with Crippen LogP contribution in [0.25, 0.3) is 21.9 Å². The number of benzene rings is 3. The average Bonchev–Trinajstić information content (AvgIpc) is 3.50. The molecule has 0 spiro atoms. The lowest BCUT2D eigenvalue weighted by molar-refractivity contribution is -0.153. The second kappa shape index (κ2) is 13.1. The first-order chi connectivity index (χ1) is 24.1. The molecule has 3 atom stereocenters. The Morgan fingerprint density at radius 2 is 1.72 bits per heavy atom. The summed E-state index contributed by atoms with van der Waals surface area (Å²) in [6, 6.07) is 15.0. The molecule has 0 saturated carbocycles. The van der Waals surface area contributed by atoms with Crippen LogP contribution in [0.5, 0.6) is 5.75 Å². The van der Waals surface area contributed by atoms with Crippen LogP contribution >= 0.6 is 23.5 Å². The van der Waals surface area contributed by atoms with Crippen LogP contribution < -0.4 is 10.6 Å². The predicted molar refractivity (Wildman–Crippen MR) is 183 cm³/mol. The van der Waals surface area contributed by atoms with Crippen molar-refractivity contribution in [2.24, 2.45) is 0 Å². The number of phenolic OH excluding ortho intramolecular Hbond substituents is 1. The zero-order valence-electron chi connectivity index (χ0n) is 26.3. The first-order valence-corrected chi connectivity index (χ1v) is 17.4. The summed E-state index contributed by atoms with van der Waals surface area (Å²) in [5, 5.41) is 26.8. The number of carboxylic acid groups (broad SMARTS) is 1. The fraction of sp³-hybridized carbons (Fsp3) is 0.235. The number of carboxylic acids is 1. The standard InChI is InChI=1S/C34H29N5O9S2/c1-2-37-14-15-38(31(44)30(37)43)34(47)36-25(17-8-3-5-10-19(17)40)28(41)35-26-29(42)39-27(33(45)46)23(16-49-32(26)39)50-22-13-7-12-21-24(22)18-9-4-6-11-20(18)48-21/h3-13,25-26,32,40H,2,14-16H2,1H3,(H,35,41)(H,36,47)(H,45,46)/t25?,26-,32+/m1/s1. The summed E-state index contributed by atoms with van der Waals surface area (Å²) in [7, 11) is 0. The van der Waals surface area contributed by atoms with Crippen molar-refractivity contribution in [3.05, 3.63) is 82.9 Å². The minimum atomic E-state index is -1.57. The Kier molecular flexibility index (Phi) is 8.65. The molecular formula is C34H29N5O9S2. The number of nitrogens with one attached hydrogen (secondary N) is 2. The molecule has 14 nitrogen and oxygen atoms in total. The number of carbonyl (C=O) groups is 6. The summed E-state index contributed by atoms with van der Waals surface area (Å²) in [6.07, 6.45) is 0. The van der Waals surface area contributed by atoms with Gasteiger partial charge in [0.25, 0.3) is 5.91 Å². The van der Waals surface area contributed by atoms with Gasteiger partial charge >= 0.3 is 23.8 Å². The Bertz CT molecular complexity index is 2150. The zero-order valence-corrected chi connectivity index (χ0v) is 28.0. The number of nitrogens with zero attached hydrogens (tertiary/aromatic N) is 3. The summed E-state index contributed by atoms with van der Waals surface area (Å²) in [5.41, 5.74) is 1.12. The van der Waals surface area contributed by atoms with Gasteiger partial charge < -0.3 is 30.2 Å². The van der Waals surface area contributed by atoms with Gasteiger partial charge in [-0.25, -0.2) is 9.59 Å². The lowest BCUT2D eigenvalue weighted by Crippen LogP contribution is -2.71. The van der Waals surface area contributed by atoms with E-state index >= 15 is 0 Å². The van der Waals surface area contributed by atoms with E-state index < -0.39 is 53.1 Å². The van der Waals surface area contributed by atoms with Crippen molar-refractivity contribution in [3.8, 4) is 5.75 Å². The van der Waals surface area contributed by atoms with Gasteiger partial charge in [-0.2, -0.15) is 0 Å². The third-order valence-corrected chi connectivity index (χ3v) is 11.4. The average molecular weight is 716 g/mol. The van der Waals surface area contributed by atoms with Crippen LogP contribution in [0.1, 0.15) is 18.5 Å². The number of fused-ring (bicyclic) bond motifs is 4. The molecule has 0 radical (unpaired) electrons. The Morgan fingerprint density at radius 3 is 2.48 bits per heavy atom. The lowest BCUT2D eigenvalue weighted by Gasteiger charge is -2.49. The number of carbonyl (C=O) groups excluding carboxylic acids is 5. The molecule has 4 aromatic rings. The van der Waals surface area contributed by atoms with Gasteiger partial charge in [-0.05, 0) is 31.2 Å². The summed E-state index contributed by atoms with van der Waals surface area (Å²) in [4.78, 5) is 82.6. The number of furan rings is 1. The van der Waals surface area contributed by atoms with Crippen molar-refractivity contribution in [2.75, 3.05) is 25.4 Å². The van der Waals surface area contributed by atoms with Crippen molar-refractivity contribution in [1.82, 2.24) is 25.3 Å². The number of urea groups is 1. The van der Waals surface area contributed by atoms with E-state index in [2.05, 4.69) is 10.6 Å². The molecule has 3 aliphatic heterocycles. The van der Waals surface area contributed by atoms with Gasteiger partial charge in [0.15, 0.2) is 0 Å². The molecular weight excluding hydrogens is 687 g/mol. The number of thioether (sulfide) groups is 2. The molecule has 1 unspecified atom stereocenters. The van der Waals surface area contributed by atoms with Crippen LogP contribution in [0.4, 0.5) is 4.79 Å². The van der Waals surface area contributed by atoms with E-state index in [4.69, 9.17) is 4.42 Å². The van der Waals surface area contributed by atoms with E-state index in [1.165, 1.54) is 52.7 Å². The molecule has 3 aliphatic rings. The van der Waals surface area contributed by atoms with Gasteiger partial charge in [-0.15, -0.1) is 11.8 Å². The fourth-order valence-electron chi connectivity index (χ4n) is 6.25. The van der Waals surface area contributed by atoms with Gasteiger partial charge in [0.05, 0.1) is 0 Å². The molecule has 4 N–H and O–H groups in total. The van der Waals surface area contributed by atoms with Gasteiger partial charge in [-0.3, -0.25) is 29.0 Å². The monoisotopic (exact) mass is 715 g/mol. The Morgan fingerprint density at radius 1 is 0.980 bits per heavy atom. The van der Waals surface area contributed by atoms with E-state index in [1.807, 2.05) is 42.5 Å². The van der Waals surface area contributed by atoms with Crippen molar-refractivity contribution >= 4 is 81.1 Å². The Labute approximate surface area is 292 Å². The molecule has 256 valence electrons. The second-order valence-electron chi connectivity index (χ2n) is 11.6. The second-order valence-corrected chi connectivity index (χ2v) is 13.8. The van der Waals surface area contributed by atoms with E-state index in [0.717, 1.165) is 20.6 Å². The van der Waals surface area contributed by atoms with E-state index in [-0.39, 0.29) is 42.4 Å². The fourth-order valence-corrected chi connectivity index (χ4v) is 8.89. The summed E-state index contributed by atoms with van der Waals surface area (Å²) in [6.45, 7) is 1.99. The van der Waals surface area contributed by atoms with Crippen molar-refractivity contribution < 1.29 is 43.4 Å². The van der Waals surface area contributed by atoms with E-state index in [1.54, 1.807) is 6.92 Å². The van der Waals surface area contributed by atoms with Crippen LogP contribution in [0.2, 0.25) is 0 Å². The molecule has 3 aromatic carbocycles. The van der Waals surface area contributed by atoms with Gasteiger partial charge in [-0.1, -0.05) is 54.2 Å². The normalized spacial score (nSPS) is 19.8. The van der Waals surface area contributed by atoms with Crippen LogP contribution in [-0.2, 0) is 24.0 Å². The molecule has 6 amide bonds.